The van der Waals surface area contributed by atoms with Crippen molar-refractivity contribution in [2.75, 3.05) is 6.61 Å². The molecule has 1 N–H and O–H groups in total. The minimum Gasteiger partial charge on any atom is -0.393 e. The highest BCUT2D eigenvalue weighted by atomic mass is 16.5. The van der Waals surface area contributed by atoms with Crippen LogP contribution in [0, 0.1) is 5.92 Å². The molecule has 0 radical (unpaired) electrons. The van der Waals surface area contributed by atoms with E-state index in [1.54, 1.807) is 0 Å². The summed E-state index contributed by atoms with van der Waals surface area (Å²) in [5.74, 6) is 0.669. The van der Waals surface area contributed by atoms with Crippen molar-refractivity contribution in [1.82, 2.24) is 0 Å². The Morgan fingerprint density at radius 1 is 1.46 bits per heavy atom. The zero-order chi connectivity index (χ0) is 9.68. The summed E-state index contributed by atoms with van der Waals surface area (Å²) in [5.41, 5.74) is 0. The van der Waals surface area contributed by atoms with Crippen molar-refractivity contribution in [2.24, 2.45) is 5.92 Å². The molecule has 0 amide bonds. The van der Waals surface area contributed by atoms with Crippen LogP contribution >= 0.6 is 0 Å². The van der Waals surface area contributed by atoms with E-state index in [2.05, 4.69) is 13.8 Å². The summed E-state index contributed by atoms with van der Waals surface area (Å²) in [4.78, 5) is 0. The number of aliphatic hydroxyl groups is 1. The first-order valence-corrected chi connectivity index (χ1v) is 5.52. The lowest BCUT2D eigenvalue weighted by atomic mass is 10.1. The van der Waals surface area contributed by atoms with Crippen LogP contribution < -0.4 is 0 Å². The van der Waals surface area contributed by atoms with Crippen molar-refractivity contribution in [2.45, 2.75) is 58.2 Å². The van der Waals surface area contributed by atoms with Crippen molar-refractivity contribution >= 4 is 0 Å². The third-order valence-corrected chi connectivity index (χ3v) is 2.75. The molecule has 0 aliphatic heterocycles. The van der Waals surface area contributed by atoms with Gasteiger partial charge in [0, 0.05) is 6.61 Å². The van der Waals surface area contributed by atoms with Gasteiger partial charge < -0.3 is 9.84 Å². The fraction of sp³-hybridized carbons (Fsp3) is 1.00. The molecule has 3 atom stereocenters. The maximum absolute atomic E-state index is 9.29. The van der Waals surface area contributed by atoms with Crippen molar-refractivity contribution in [1.29, 1.82) is 0 Å². The lowest BCUT2D eigenvalue weighted by Crippen LogP contribution is -2.15. The predicted octanol–water partition coefficient (Wildman–Crippen LogP) is 2.35. The molecule has 3 unspecified atom stereocenters. The Bertz CT molecular complexity index is 136. The Labute approximate surface area is 81.3 Å². The maximum Gasteiger partial charge on any atom is 0.0600 e. The quantitative estimate of drug-likeness (QED) is 0.714. The summed E-state index contributed by atoms with van der Waals surface area (Å²) in [6.45, 7) is 5.30. The average Bonchev–Trinajstić information content (AvgIpc) is 2.49. The predicted molar refractivity (Wildman–Crippen MR) is 53.7 cm³/mol. The number of ether oxygens (including phenoxy) is 1. The third kappa shape index (κ3) is 4.10. The van der Waals surface area contributed by atoms with Crippen LogP contribution in [-0.4, -0.2) is 23.9 Å². The molecule has 1 saturated carbocycles. The molecule has 0 aromatic heterocycles. The van der Waals surface area contributed by atoms with E-state index in [4.69, 9.17) is 4.74 Å². The van der Waals surface area contributed by atoms with Crippen LogP contribution in [0.25, 0.3) is 0 Å². The molecule has 78 valence electrons. The molecule has 0 spiro atoms. The van der Waals surface area contributed by atoms with Crippen LogP contribution in [0.3, 0.4) is 0 Å². The van der Waals surface area contributed by atoms with Crippen LogP contribution in [0.15, 0.2) is 0 Å². The first-order valence-electron chi connectivity index (χ1n) is 5.52. The van der Waals surface area contributed by atoms with Gasteiger partial charge in [-0.15, -0.1) is 0 Å². The Balaban J connectivity index is 2.05. The molecule has 2 nitrogen and oxygen atoms in total. The minimum atomic E-state index is -0.105. The first-order chi connectivity index (χ1) is 6.22. The Kier molecular flexibility index (Phi) is 4.74. The first kappa shape index (κ1) is 11.0. The van der Waals surface area contributed by atoms with Crippen LogP contribution in [0.5, 0.6) is 0 Å². The van der Waals surface area contributed by atoms with E-state index in [9.17, 15) is 5.11 Å². The molecule has 2 heteroatoms. The topological polar surface area (TPSA) is 29.5 Å². The molecule has 13 heavy (non-hydrogen) atoms. The van der Waals surface area contributed by atoms with Crippen LogP contribution in [0.4, 0.5) is 0 Å². The zero-order valence-corrected chi connectivity index (χ0v) is 8.83. The van der Waals surface area contributed by atoms with Crippen LogP contribution in [-0.2, 0) is 4.74 Å². The molecule has 0 saturated heterocycles. The fourth-order valence-electron chi connectivity index (χ4n) is 1.95. The van der Waals surface area contributed by atoms with Crippen molar-refractivity contribution in [3.63, 3.8) is 0 Å². The van der Waals surface area contributed by atoms with Crippen molar-refractivity contribution in [3.8, 4) is 0 Å². The van der Waals surface area contributed by atoms with E-state index in [1.165, 1.54) is 12.8 Å². The number of hydrogen-bond acceptors (Lipinski definition) is 2. The highest BCUT2D eigenvalue weighted by molar-refractivity contribution is 4.75. The highest BCUT2D eigenvalue weighted by Gasteiger charge is 2.23. The van der Waals surface area contributed by atoms with E-state index < -0.39 is 0 Å². The van der Waals surface area contributed by atoms with E-state index in [0.29, 0.717) is 12.0 Å². The van der Waals surface area contributed by atoms with Gasteiger partial charge in [0.15, 0.2) is 0 Å². The zero-order valence-electron chi connectivity index (χ0n) is 8.83. The van der Waals surface area contributed by atoms with Gasteiger partial charge in [0.2, 0.25) is 0 Å². The molecular weight excluding hydrogens is 164 g/mol. The van der Waals surface area contributed by atoms with Gasteiger partial charge in [-0.1, -0.05) is 20.3 Å². The molecule has 0 heterocycles. The van der Waals surface area contributed by atoms with Gasteiger partial charge in [-0.2, -0.15) is 0 Å². The smallest absolute Gasteiger partial charge is 0.0600 e. The highest BCUT2D eigenvalue weighted by Crippen LogP contribution is 2.22. The van der Waals surface area contributed by atoms with Crippen LogP contribution in [0.2, 0.25) is 0 Å². The lowest BCUT2D eigenvalue weighted by Gasteiger charge is -2.15. The standard InChI is InChI=1S/C11H22O2/c1-3-4-9(2)8-13-11-6-5-10(12)7-11/h9-12H,3-8H2,1-2H3. The van der Waals surface area contributed by atoms with E-state index in [1.807, 2.05) is 0 Å². The van der Waals surface area contributed by atoms with Gasteiger partial charge in [0.05, 0.1) is 12.2 Å². The average molecular weight is 186 g/mol. The van der Waals surface area contributed by atoms with E-state index >= 15 is 0 Å². The second-order valence-electron chi connectivity index (χ2n) is 4.32. The van der Waals surface area contributed by atoms with Crippen molar-refractivity contribution in [3.05, 3.63) is 0 Å². The summed E-state index contributed by atoms with van der Waals surface area (Å²) in [6, 6.07) is 0. The molecule has 0 bridgehead atoms. The van der Waals surface area contributed by atoms with Gasteiger partial charge in [-0.05, 0) is 31.6 Å². The Morgan fingerprint density at radius 2 is 2.23 bits per heavy atom. The summed E-state index contributed by atoms with van der Waals surface area (Å²) in [5, 5.41) is 9.29. The monoisotopic (exact) mass is 186 g/mol. The Hall–Kier alpha value is -0.0800. The van der Waals surface area contributed by atoms with Gasteiger partial charge in [0.25, 0.3) is 0 Å². The van der Waals surface area contributed by atoms with Gasteiger partial charge in [0.1, 0.15) is 0 Å². The normalized spacial score (nSPS) is 30.7. The van der Waals surface area contributed by atoms with E-state index in [0.717, 1.165) is 25.9 Å². The van der Waals surface area contributed by atoms with Gasteiger partial charge in [-0.25, -0.2) is 0 Å². The molecule has 1 fully saturated rings. The summed E-state index contributed by atoms with van der Waals surface area (Å²) in [7, 11) is 0. The molecule has 1 aliphatic rings. The summed E-state index contributed by atoms with van der Waals surface area (Å²) >= 11 is 0. The van der Waals surface area contributed by atoms with Gasteiger partial charge in [-0.3, -0.25) is 0 Å². The Morgan fingerprint density at radius 3 is 2.77 bits per heavy atom. The maximum atomic E-state index is 9.29. The number of hydrogen-bond donors (Lipinski definition) is 1. The number of rotatable bonds is 5. The van der Waals surface area contributed by atoms with Crippen molar-refractivity contribution < 1.29 is 9.84 Å². The molecular formula is C11H22O2. The molecule has 0 aromatic rings. The largest absolute Gasteiger partial charge is 0.393 e. The SMILES string of the molecule is CCCC(C)COC1CCC(O)C1. The molecule has 1 rings (SSSR count). The number of aliphatic hydroxyl groups excluding tert-OH is 1. The second-order valence-corrected chi connectivity index (χ2v) is 4.32. The fourth-order valence-corrected chi connectivity index (χ4v) is 1.95. The minimum absolute atomic E-state index is 0.105. The van der Waals surface area contributed by atoms with E-state index in [-0.39, 0.29) is 6.10 Å². The van der Waals surface area contributed by atoms with Gasteiger partial charge >= 0.3 is 0 Å². The summed E-state index contributed by atoms with van der Waals surface area (Å²) in [6.07, 6.45) is 5.51. The second kappa shape index (κ2) is 5.61. The lowest BCUT2D eigenvalue weighted by molar-refractivity contribution is 0.0268. The molecule has 1 aliphatic carbocycles. The third-order valence-electron chi connectivity index (χ3n) is 2.75. The summed E-state index contributed by atoms with van der Waals surface area (Å²) < 4.78 is 5.73. The van der Waals surface area contributed by atoms with Crippen LogP contribution in [0.1, 0.15) is 46.0 Å². The molecule has 0 aromatic carbocycles.